The first-order chi connectivity index (χ1) is 17.7. The summed E-state index contributed by atoms with van der Waals surface area (Å²) in [4.78, 5) is 15.7. The van der Waals surface area contributed by atoms with Crippen molar-refractivity contribution in [2.24, 2.45) is 0 Å². The minimum absolute atomic E-state index is 0.0354. The smallest absolute Gasteiger partial charge is 0.416 e. The van der Waals surface area contributed by atoms with Crippen molar-refractivity contribution in [1.82, 2.24) is 4.98 Å². The molecule has 1 heterocycles. The summed E-state index contributed by atoms with van der Waals surface area (Å²) in [5.74, 6) is 0.268. The number of nitrogens with zero attached hydrogens (tertiary/aromatic N) is 1. The van der Waals surface area contributed by atoms with E-state index in [1.54, 1.807) is 24.3 Å². The number of pyridine rings is 1. The van der Waals surface area contributed by atoms with Crippen LogP contribution in [-0.2, 0) is 17.4 Å². The average Bonchev–Trinajstić information content (AvgIpc) is 2.89. The van der Waals surface area contributed by atoms with Gasteiger partial charge in [-0.3, -0.25) is 4.79 Å². The van der Waals surface area contributed by atoms with Gasteiger partial charge in [0.05, 0.1) is 31.2 Å². The quantitative estimate of drug-likeness (QED) is 0.276. The number of rotatable bonds is 12. The molecule has 0 aliphatic heterocycles. The zero-order valence-electron chi connectivity index (χ0n) is 21.0. The summed E-state index contributed by atoms with van der Waals surface area (Å²) in [6, 6.07) is 13.7. The molecule has 0 unspecified atom stereocenters. The summed E-state index contributed by atoms with van der Waals surface area (Å²) in [5, 5.41) is 9.02. The first-order valence-electron chi connectivity index (χ1n) is 11.9. The Morgan fingerprint density at radius 2 is 1.68 bits per heavy atom. The largest absolute Gasteiger partial charge is 0.493 e. The number of halogens is 3. The minimum atomic E-state index is -4.41. The number of ether oxygens (including phenoxy) is 3. The van der Waals surface area contributed by atoms with E-state index in [0.29, 0.717) is 47.0 Å². The van der Waals surface area contributed by atoms with Gasteiger partial charge in [0.1, 0.15) is 6.10 Å². The van der Waals surface area contributed by atoms with E-state index in [9.17, 15) is 18.0 Å². The van der Waals surface area contributed by atoms with Gasteiger partial charge < -0.3 is 19.3 Å². The predicted molar refractivity (Wildman–Crippen MR) is 133 cm³/mol. The fourth-order valence-corrected chi connectivity index (χ4v) is 3.87. The monoisotopic (exact) mass is 517 g/mol. The van der Waals surface area contributed by atoms with Gasteiger partial charge in [-0.15, -0.1) is 0 Å². The Labute approximate surface area is 214 Å². The van der Waals surface area contributed by atoms with Gasteiger partial charge >= 0.3 is 12.1 Å². The number of aromatic nitrogens is 1. The number of unbranched alkanes of at least 4 members (excludes halogenated alkanes) is 1. The molecule has 0 radical (unpaired) electrons. The van der Waals surface area contributed by atoms with Crippen LogP contribution in [0.1, 0.15) is 55.5 Å². The second-order valence-electron chi connectivity index (χ2n) is 8.49. The molecular weight excluding hydrogens is 487 g/mol. The number of carboxylic acids is 1. The first kappa shape index (κ1) is 27.8. The van der Waals surface area contributed by atoms with Crippen molar-refractivity contribution in [1.29, 1.82) is 0 Å². The van der Waals surface area contributed by atoms with Crippen LogP contribution in [0, 0.1) is 0 Å². The van der Waals surface area contributed by atoms with Gasteiger partial charge in [-0.25, -0.2) is 4.98 Å². The third-order valence-electron chi connectivity index (χ3n) is 5.84. The van der Waals surface area contributed by atoms with E-state index in [0.717, 1.165) is 30.5 Å². The van der Waals surface area contributed by atoms with Crippen LogP contribution < -0.4 is 14.2 Å². The van der Waals surface area contributed by atoms with Crippen molar-refractivity contribution in [3.8, 4) is 28.5 Å². The summed E-state index contributed by atoms with van der Waals surface area (Å²) in [6.07, 6.45) is -2.23. The van der Waals surface area contributed by atoms with Gasteiger partial charge in [0.25, 0.3) is 0 Å². The number of carbonyl (C=O) groups is 1. The van der Waals surface area contributed by atoms with E-state index >= 15 is 0 Å². The Bertz CT molecular complexity index is 1170. The molecule has 1 atom stereocenters. The Hall–Kier alpha value is -3.75. The molecule has 0 bridgehead atoms. The Kier molecular flexibility index (Phi) is 9.38. The van der Waals surface area contributed by atoms with Crippen LogP contribution in [0.25, 0.3) is 11.3 Å². The second kappa shape index (κ2) is 12.5. The van der Waals surface area contributed by atoms with Crippen molar-refractivity contribution in [3.63, 3.8) is 0 Å². The highest BCUT2D eigenvalue weighted by molar-refractivity contribution is 5.67. The molecule has 1 N–H and O–H groups in total. The maximum absolute atomic E-state index is 13.0. The lowest BCUT2D eigenvalue weighted by atomic mass is 10.0. The number of methoxy groups -OCH3 is 2. The molecule has 0 saturated heterocycles. The fraction of sp³-hybridized carbons (Fsp3) is 0.357. The molecule has 0 spiro atoms. The molecule has 198 valence electrons. The van der Waals surface area contributed by atoms with Gasteiger partial charge in [-0.1, -0.05) is 31.5 Å². The SMILES string of the molecule is CCCC[C@H](Oc1c(OC)cc(CCC(=O)O)cc1OC)c1cccc(-c2ccc(C(F)(F)F)cc2)n1. The zero-order valence-corrected chi connectivity index (χ0v) is 21.0. The van der Waals surface area contributed by atoms with Gasteiger partial charge in [0, 0.05) is 12.0 Å². The molecule has 0 aliphatic carbocycles. The molecule has 3 aromatic rings. The van der Waals surface area contributed by atoms with E-state index in [-0.39, 0.29) is 6.42 Å². The number of alkyl halides is 3. The molecule has 9 heteroatoms. The van der Waals surface area contributed by atoms with Crippen LogP contribution in [0.5, 0.6) is 17.2 Å². The number of aliphatic carboxylic acids is 1. The van der Waals surface area contributed by atoms with E-state index in [4.69, 9.17) is 24.3 Å². The average molecular weight is 518 g/mol. The van der Waals surface area contributed by atoms with E-state index in [1.807, 2.05) is 6.07 Å². The Morgan fingerprint density at radius 3 is 2.22 bits per heavy atom. The number of hydrogen-bond acceptors (Lipinski definition) is 5. The van der Waals surface area contributed by atoms with E-state index in [1.165, 1.54) is 26.4 Å². The second-order valence-corrected chi connectivity index (χ2v) is 8.49. The number of carboxylic acid groups (broad SMARTS) is 1. The fourth-order valence-electron chi connectivity index (χ4n) is 3.87. The summed E-state index contributed by atoms with van der Waals surface area (Å²) in [5.41, 5.74) is 1.71. The summed E-state index contributed by atoms with van der Waals surface area (Å²) < 4.78 is 56.4. The molecule has 3 rings (SSSR count). The summed E-state index contributed by atoms with van der Waals surface area (Å²) >= 11 is 0. The molecule has 37 heavy (non-hydrogen) atoms. The lowest BCUT2D eigenvalue weighted by molar-refractivity contribution is -0.138. The van der Waals surface area contributed by atoms with Crippen LogP contribution in [0.2, 0.25) is 0 Å². The maximum atomic E-state index is 13.0. The number of benzene rings is 2. The molecule has 0 aliphatic rings. The van der Waals surface area contributed by atoms with Crippen molar-refractivity contribution < 1.29 is 37.3 Å². The standard InChI is InChI=1S/C28H30F3NO5/c1-4-5-9-23(37-27-24(35-2)16-18(10-15-26(33)34)17-25(27)36-3)22-8-6-7-21(32-22)19-11-13-20(14-12-19)28(29,30)31/h6-8,11-14,16-17,23H,4-5,9-10,15H2,1-3H3,(H,33,34)/t23-/m0/s1. The topological polar surface area (TPSA) is 77.9 Å². The van der Waals surface area contributed by atoms with Crippen LogP contribution >= 0.6 is 0 Å². The van der Waals surface area contributed by atoms with Crippen LogP contribution in [0.3, 0.4) is 0 Å². The molecule has 0 amide bonds. The minimum Gasteiger partial charge on any atom is -0.493 e. The molecule has 1 aromatic heterocycles. The highest BCUT2D eigenvalue weighted by atomic mass is 19.4. The molecular formula is C28H30F3NO5. The predicted octanol–water partition coefficient (Wildman–Crippen LogP) is 7.11. The van der Waals surface area contributed by atoms with Crippen LogP contribution in [0.15, 0.2) is 54.6 Å². The highest BCUT2D eigenvalue weighted by Gasteiger charge is 2.30. The van der Waals surface area contributed by atoms with Gasteiger partial charge in [0.15, 0.2) is 11.5 Å². The molecule has 0 fully saturated rings. The van der Waals surface area contributed by atoms with E-state index in [2.05, 4.69) is 6.92 Å². The Balaban J connectivity index is 1.95. The first-order valence-corrected chi connectivity index (χ1v) is 11.9. The molecule has 0 saturated carbocycles. The van der Waals surface area contributed by atoms with Crippen LogP contribution in [0.4, 0.5) is 13.2 Å². The van der Waals surface area contributed by atoms with E-state index < -0.39 is 23.8 Å². The normalized spacial score (nSPS) is 12.2. The Morgan fingerprint density at radius 1 is 1.03 bits per heavy atom. The zero-order chi connectivity index (χ0) is 27.0. The highest BCUT2D eigenvalue weighted by Crippen LogP contribution is 2.42. The van der Waals surface area contributed by atoms with Gasteiger partial charge in [-0.2, -0.15) is 13.2 Å². The molecule has 6 nitrogen and oxygen atoms in total. The molecule has 2 aromatic carbocycles. The van der Waals surface area contributed by atoms with Gasteiger partial charge in [-0.05, 0) is 61.2 Å². The summed E-state index contributed by atoms with van der Waals surface area (Å²) in [7, 11) is 2.99. The third kappa shape index (κ3) is 7.38. The van der Waals surface area contributed by atoms with Gasteiger partial charge in [0.2, 0.25) is 5.75 Å². The van der Waals surface area contributed by atoms with Crippen molar-refractivity contribution >= 4 is 5.97 Å². The lowest BCUT2D eigenvalue weighted by Gasteiger charge is -2.23. The maximum Gasteiger partial charge on any atom is 0.416 e. The van der Waals surface area contributed by atoms with Crippen molar-refractivity contribution in [3.05, 3.63) is 71.4 Å². The van der Waals surface area contributed by atoms with Crippen molar-refractivity contribution in [2.45, 2.75) is 51.3 Å². The third-order valence-corrected chi connectivity index (χ3v) is 5.84. The lowest BCUT2D eigenvalue weighted by Crippen LogP contribution is -2.12. The van der Waals surface area contributed by atoms with Crippen LogP contribution in [-0.4, -0.2) is 30.3 Å². The number of hydrogen-bond donors (Lipinski definition) is 1. The summed E-state index contributed by atoms with van der Waals surface area (Å²) in [6.45, 7) is 2.06. The van der Waals surface area contributed by atoms with Crippen molar-refractivity contribution in [2.75, 3.05) is 14.2 Å². The number of aryl methyl sites for hydroxylation is 1.